The van der Waals surface area contributed by atoms with Gasteiger partial charge < -0.3 is 4.90 Å². The lowest BCUT2D eigenvalue weighted by molar-refractivity contribution is -0.130. The largest absolute Gasteiger partial charge is 0.345 e. The second kappa shape index (κ2) is 7.46. The smallest absolute Gasteiger partial charge is 0.223 e. The molecule has 0 aromatic heterocycles. The molecule has 0 N–H and O–H groups in total. The molecule has 0 bridgehead atoms. The molecule has 1 aliphatic heterocycles. The minimum Gasteiger partial charge on any atom is -0.345 e. The molecular weight excluding hydrogens is 240 g/mol. The van der Waals surface area contributed by atoms with E-state index < -0.39 is 0 Å². The molecule has 5 heteroatoms. The second-order valence-electron chi connectivity index (χ2n) is 5.60. The number of likely N-dealkylation sites (N-methyl/N-ethyl adjacent to an activating group) is 1. The molecule has 1 aliphatic rings. The highest BCUT2D eigenvalue weighted by Crippen LogP contribution is 2.13. The summed E-state index contributed by atoms with van der Waals surface area (Å²) in [5.74, 6) is 0.134. The van der Waals surface area contributed by atoms with Crippen LogP contribution in [0.15, 0.2) is 0 Å². The van der Waals surface area contributed by atoms with E-state index >= 15 is 0 Å². The van der Waals surface area contributed by atoms with E-state index in [0.717, 1.165) is 19.6 Å². The van der Waals surface area contributed by atoms with E-state index in [4.69, 9.17) is 5.26 Å². The fourth-order valence-electron chi connectivity index (χ4n) is 2.48. The standard InChI is InChI=1S/C14H26N4O/c1-12-10-18(11-13(2)17(12)4)9-6-14(19)16(3)8-5-7-15/h12-13H,5-6,8-11H2,1-4H3. The van der Waals surface area contributed by atoms with Crippen LogP contribution in [0.2, 0.25) is 0 Å². The Morgan fingerprint density at radius 2 is 1.95 bits per heavy atom. The highest BCUT2D eigenvalue weighted by atomic mass is 16.2. The molecule has 1 amide bonds. The van der Waals surface area contributed by atoms with E-state index in [1.54, 1.807) is 11.9 Å². The first kappa shape index (κ1) is 15.9. The predicted octanol–water partition coefficient (Wildman–Crippen LogP) is 0.773. The SMILES string of the molecule is CC1CN(CCC(=O)N(C)CCC#N)CC(C)N1C. The maximum atomic E-state index is 11.9. The summed E-state index contributed by atoms with van der Waals surface area (Å²) in [7, 11) is 3.93. The Hall–Kier alpha value is -1.12. The Morgan fingerprint density at radius 3 is 2.47 bits per heavy atom. The Labute approximate surface area is 116 Å². The number of piperazine rings is 1. The molecular formula is C14H26N4O. The molecule has 1 fully saturated rings. The lowest BCUT2D eigenvalue weighted by Gasteiger charge is -2.42. The van der Waals surface area contributed by atoms with Gasteiger partial charge in [0.25, 0.3) is 0 Å². The third-order valence-electron chi connectivity index (χ3n) is 4.06. The van der Waals surface area contributed by atoms with Gasteiger partial charge in [-0.2, -0.15) is 5.26 Å². The van der Waals surface area contributed by atoms with E-state index in [0.29, 0.717) is 31.5 Å². The van der Waals surface area contributed by atoms with E-state index in [-0.39, 0.29) is 5.91 Å². The normalized spacial score (nSPS) is 25.0. The van der Waals surface area contributed by atoms with Crippen LogP contribution < -0.4 is 0 Å². The van der Waals surface area contributed by atoms with Crippen molar-refractivity contribution < 1.29 is 4.79 Å². The van der Waals surface area contributed by atoms with Gasteiger partial charge in [0.2, 0.25) is 5.91 Å². The highest BCUT2D eigenvalue weighted by Gasteiger charge is 2.26. The van der Waals surface area contributed by atoms with Gasteiger partial charge in [-0.1, -0.05) is 0 Å². The topological polar surface area (TPSA) is 50.6 Å². The van der Waals surface area contributed by atoms with Gasteiger partial charge in [-0.05, 0) is 20.9 Å². The van der Waals surface area contributed by atoms with Crippen LogP contribution in [-0.4, -0.2) is 73.0 Å². The van der Waals surface area contributed by atoms with Gasteiger partial charge in [-0.25, -0.2) is 0 Å². The van der Waals surface area contributed by atoms with E-state index in [9.17, 15) is 4.79 Å². The monoisotopic (exact) mass is 266 g/mol. The van der Waals surface area contributed by atoms with Crippen LogP contribution in [0.1, 0.15) is 26.7 Å². The first-order chi connectivity index (χ1) is 8.95. The maximum Gasteiger partial charge on any atom is 0.223 e. The van der Waals surface area contributed by atoms with Gasteiger partial charge in [-0.15, -0.1) is 0 Å². The third kappa shape index (κ3) is 4.81. The summed E-state index contributed by atoms with van der Waals surface area (Å²) >= 11 is 0. The zero-order chi connectivity index (χ0) is 14.4. The average molecular weight is 266 g/mol. The molecule has 0 aliphatic carbocycles. The molecule has 108 valence electrons. The highest BCUT2D eigenvalue weighted by molar-refractivity contribution is 5.76. The van der Waals surface area contributed by atoms with Crippen molar-refractivity contribution in [2.45, 2.75) is 38.8 Å². The molecule has 19 heavy (non-hydrogen) atoms. The van der Waals surface area contributed by atoms with Crippen molar-refractivity contribution in [3.05, 3.63) is 0 Å². The summed E-state index contributed by atoms with van der Waals surface area (Å²) in [6, 6.07) is 3.14. The summed E-state index contributed by atoms with van der Waals surface area (Å²) < 4.78 is 0. The Kier molecular flexibility index (Phi) is 6.26. The van der Waals surface area contributed by atoms with Crippen molar-refractivity contribution >= 4 is 5.91 Å². The molecule has 1 rings (SSSR count). The van der Waals surface area contributed by atoms with Crippen LogP contribution in [0, 0.1) is 11.3 Å². The summed E-state index contributed by atoms with van der Waals surface area (Å²) in [6.07, 6.45) is 0.954. The number of hydrogen-bond donors (Lipinski definition) is 0. The number of carbonyl (C=O) groups excluding carboxylic acids is 1. The average Bonchev–Trinajstić information content (AvgIpc) is 2.39. The van der Waals surface area contributed by atoms with Crippen LogP contribution >= 0.6 is 0 Å². The summed E-state index contributed by atoms with van der Waals surface area (Å²) in [5, 5.41) is 8.51. The molecule has 0 aromatic rings. The quantitative estimate of drug-likeness (QED) is 0.737. The molecule has 2 unspecified atom stereocenters. The molecule has 2 atom stereocenters. The Balaban J connectivity index is 2.33. The van der Waals surface area contributed by atoms with Crippen molar-refractivity contribution in [3.63, 3.8) is 0 Å². The first-order valence-corrected chi connectivity index (χ1v) is 7.01. The van der Waals surface area contributed by atoms with Gasteiger partial charge in [0, 0.05) is 51.7 Å². The van der Waals surface area contributed by atoms with Crippen molar-refractivity contribution in [1.29, 1.82) is 5.26 Å². The summed E-state index contributed by atoms with van der Waals surface area (Å²) in [5.41, 5.74) is 0. The second-order valence-corrected chi connectivity index (χ2v) is 5.60. The number of amides is 1. The fraction of sp³-hybridized carbons (Fsp3) is 0.857. The number of carbonyl (C=O) groups is 1. The van der Waals surface area contributed by atoms with Crippen molar-refractivity contribution in [2.24, 2.45) is 0 Å². The van der Waals surface area contributed by atoms with Crippen LogP contribution in [-0.2, 0) is 4.79 Å². The van der Waals surface area contributed by atoms with Crippen LogP contribution in [0.25, 0.3) is 0 Å². The fourth-order valence-corrected chi connectivity index (χ4v) is 2.48. The molecule has 5 nitrogen and oxygen atoms in total. The van der Waals surface area contributed by atoms with Gasteiger partial charge >= 0.3 is 0 Å². The molecule has 1 heterocycles. The number of nitriles is 1. The van der Waals surface area contributed by atoms with Crippen molar-refractivity contribution in [3.8, 4) is 6.07 Å². The third-order valence-corrected chi connectivity index (χ3v) is 4.06. The molecule has 0 radical (unpaired) electrons. The van der Waals surface area contributed by atoms with E-state index in [2.05, 4.69) is 36.8 Å². The van der Waals surface area contributed by atoms with Gasteiger partial charge in [0.1, 0.15) is 0 Å². The van der Waals surface area contributed by atoms with Crippen molar-refractivity contribution in [1.82, 2.24) is 14.7 Å². The predicted molar refractivity (Wildman–Crippen MR) is 75.6 cm³/mol. The Morgan fingerprint density at radius 1 is 1.37 bits per heavy atom. The molecule has 0 spiro atoms. The lowest BCUT2D eigenvalue weighted by Crippen LogP contribution is -2.55. The number of rotatable bonds is 5. The molecule has 1 saturated heterocycles. The molecule has 0 saturated carbocycles. The van der Waals surface area contributed by atoms with Crippen LogP contribution in [0.4, 0.5) is 0 Å². The minimum atomic E-state index is 0.134. The zero-order valence-corrected chi connectivity index (χ0v) is 12.6. The Bertz CT molecular complexity index is 327. The number of hydrogen-bond acceptors (Lipinski definition) is 4. The number of nitrogens with zero attached hydrogens (tertiary/aromatic N) is 4. The molecule has 0 aromatic carbocycles. The van der Waals surface area contributed by atoms with Crippen LogP contribution in [0.3, 0.4) is 0 Å². The lowest BCUT2D eigenvalue weighted by atomic mass is 10.1. The zero-order valence-electron chi connectivity index (χ0n) is 12.6. The van der Waals surface area contributed by atoms with Crippen LogP contribution in [0.5, 0.6) is 0 Å². The first-order valence-electron chi connectivity index (χ1n) is 7.01. The van der Waals surface area contributed by atoms with Crippen molar-refractivity contribution in [2.75, 3.05) is 40.3 Å². The maximum absolute atomic E-state index is 11.9. The summed E-state index contributed by atoms with van der Waals surface area (Å²) in [4.78, 5) is 18.3. The van der Waals surface area contributed by atoms with E-state index in [1.165, 1.54) is 0 Å². The van der Waals surface area contributed by atoms with E-state index in [1.807, 2.05) is 0 Å². The van der Waals surface area contributed by atoms with Gasteiger partial charge in [-0.3, -0.25) is 14.6 Å². The van der Waals surface area contributed by atoms with Gasteiger partial charge in [0.15, 0.2) is 0 Å². The minimum absolute atomic E-state index is 0.134. The van der Waals surface area contributed by atoms with Gasteiger partial charge in [0.05, 0.1) is 12.5 Å². The summed E-state index contributed by atoms with van der Waals surface area (Å²) in [6.45, 7) is 7.85.